The Balaban J connectivity index is 1.33. The van der Waals surface area contributed by atoms with Gasteiger partial charge in [0.15, 0.2) is 0 Å². The molecule has 1 aliphatic heterocycles. The van der Waals surface area contributed by atoms with Gasteiger partial charge in [0.1, 0.15) is 11.6 Å². The van der Waals surface area contributed by atoms with Gasteiger partial charge in [0.05, 0.1) is 17.6 Å². The minimum absolute atomic E-state index is 0.0704. The zero-order chi connectivity index (χ0) is 24.4. The Morgan fingerprint density at radius 1 is 1.03 bits per heavy atom. The van der Waals surface area contributed by atoms with Crippen molar-refractivity contribution in [2.24, 2.45) is 0 Å². The van der Waals surface area contributed by atoms with Gasteiger partial charge in [-0.1, -0.05) is 48.9 Å². The molecule has 1 saturated heterocycles. The summed E-state index contributed by atoms with van der Waals surface area (Å²) in [4.78, 5) is 19.9. The standard InChI is InChI=1S/C30H33N3O2/c1-4-23-11-13-25(14-12-23)33-20-24(19-29(33)34)30-31-26-8-5-6-9-27(26)32(30)16-7-17-35-28-15-10-21(2)18-22(28)3/h5-6,8-15,18,24H,4,7,16-17,19-20H2,1-3H3. The monoisotopic (exact) mass is 467 g/mol. The van der Waals surface area contributed by atoms with Gasteiger partial charge < -0.3 is 14.2 Å². The summed E-state index contributed by atoms with van der Waals surface area (Å²) in [6.07, 6.45) is 2.34. The molecule has 1 fully saturated rings. The number of fused-ring (bicyclic) bond motifs is 1. The molecule has 3 aromatic carbocycles. The summed E-state index contributed by atoms with van der Waals surface area (Å²) in [7, 11) is 0. The highest BCUT2D eigenvalue weighted by molar-refractivity contribution is 5.96. The van der Waals surface area contributed by atoms with Gasteiger partial charge in [-0.2, -0.15) is 0 Å². The van der Waals surface area contributed by atoms with Crippen molar-refractivity contribution in [3.8, 4) is 5.75 Å². The van der Waals surface area contributed by atoms with Crippen molar-refractivity contribution in [3.05, 3.63) is 89.2 Å². The molecular formula is C30H33N3O2. The van der Waals surface area contributed by atoms with Crippen LogP contribution in [-0.2, 0) is 17.8 Å². The highest BCUT2D eigenvalue weighted by atomic mass is 16.5. The molecule has 0 spiro atoms. The van der Waals surface area contributed by atoms with E-state index in [2.05, 4.69) is 86.0 Å². The van der Waals surface area contributed by atoms with Crippen LogP contribution in [-0.4, -0.2) is 28.6 Å². The largest absolute Gasteiger partial charge is 0.493 e. The normalized spacial score (nSPS) is 15.8. The van der Waals surface area contributed by atoms with E-state index in [4.69, 9.17) is 9.72 Å². The highest BCUT2D eigenvalue weighted by Crippen LogP contribution is 2.33. The van der Waals surface area contributed by atoms with Gasteiger partial charge >= 0.3 is 0 Å². The Kier molecular flexibility index (Phi) is 6.58. The maximum absolute atomic E-state index is 13.0. The summed E-state index contributed by atoms with van der Waals surface area (Å²) in [5.74, 6) is 2.17. The van der Waals surface area contributed by atoms with Crippen LogP contribution in [0.5, 0.6) is 5.75 Å². The highest BCUT2D eigenvalue weighted by Gasteiger charge is 2.34. The number of benzene rings is 3. The van der Waals surface area contributed by atoms with Gasteiger partial charge in [0.25, 0.3) is 0 Å². The van der Waals surface area contributed by atoms with E-state index in [1.54, 1.807) is 0 Å². The van der Waals surface area contributed by atoms with Crippen LogP contribution in [0.2, 0.25) is 0 Å². The number of amides is 1. The molecule has 5 rings (SSSR count). The van der Waals surface area contributed by atoms with Gasteiger partial charge in [-0.15, -0.1) is 0 Å². The predicted molar refractivity (Wildman–Crippen MR) is 141 cm³/mol. The number of ether oxygens (including phenoxy) is 1. The number of rotatable bonds is 8. The molecule has 180 valence electrons. The summed E-state index contributed by atoms with van der Waals surface area (Å²) in [6, 6.07) is 22.9. The van der Waals surface area contributed by atoms with Crippen LogP contribution in [0, 0.1) is 13.8 Å². The first-order valence-corrected chi connectivity index (χ1v) is 12.6. The summed E-state index contributed by atoms with van der Waals surface area (Å²) in [5.41, 5.74) is 6.75. The van der Waals surface area contributed by atoms with Crippen LogP contribution >= 0.6 is 0 Å². The first-order valence-electron chi connectivity index (χ1n) is 12.6. The molecule has 0 aliphatic carbocycles. The third kappa shape index (κ3) is 4.81. The number of para-hydroxylation sites is 2. The van der Waals surface area contributed by atoms with E-state index in [9.17, 15) is 4.79 Å². The molecule has 1 aromatic heterocycles. The zero-order valence-corrected chi connectivity index (χ0v) is 20.8. The van der Waals surface area contributed by atoms with Gasteiger partial charge in [-0.25, -0.2) is 4.98 Å². The minimum atomic E-state index is 0.0704. The number of hydrogen-bond acceptors (Lipinski definition) is 3. The Hall–Kier alpha value is -3.60. The fourth-order valence-corrected chi connectivity index (χ4v) is 5.05. The van der Waals surface area contributed by atoms with Crippen molar-refractivity contribution in [1.29, 1.82) is 0 Å². The van der Waals surface area contributed by atoms with Gasteiger partial charge in [-0.05, 0) is 68.1 Å². The van der Waals surface area contributed by atoms with Crippen molar-refractivity contribution >= 4 is 22.6 Å². The lowest BCUT2D eigenvalue weighted by Gasteiger charge is -2.18. The van der Waals surface area contributed by atoms with E-state index in [-0.39, 0.29) is 11.8 Å². The van der Waals surface area contributed by atoms with Crippen molar-refractivity contribution < 1.29 is 9.53 Å². The fourth-order valence-electron chi connectivity index (χ4n) is 5.05. The molecule has 1 amide bonds. The Labute approximate surface area is 207 Å². The SMILES string of the molecule is CCc1ccc(N2CC(c3nc4ccccc4n3CCCOc3ccc(C)cc3C)CC2=O)cc1. The quantitative estimate of drug-likeness (QED) is 0.290. The molecule has 35 heavy (non-hydrogen) atoms. The van der Waals surface area contributed by atoms with Crippen LogP contribution in [0.4, 0.5) is 5.69 Å². The molecule has 1 unspecified atom stereocenters. The Morgan fingerprint density at radius 3 is 2.60 bits per heavy atom. The second-order valence-electron chi connectivity index (χ2n) is 9.51. The molecule has 1 aliphatic rings. The predicted octanol–water partition coefficient (Wildman–Crippen LogP) is 6.21. The van der Waals surface area contributed by atoms with E-state index >= 15 is 0 Å². The third-order valence-electron chi connectivity index (χ3n) is 6.94. The van der Waals surface area contributed by atoms with E-state index in [0.29, 0.717) is 19.6 Å². The van der Waals surface area contributed by atoms with Crippen molar-refractivity contribution in [1.82, 2.24) is 9.55 Å². The topological polar surface area (TPSA) is 47.4 Å². The van der Waals surface area contributed by atoms with Gasteiger partial charge in [-0.3, -0.25) is 4.79 Å². The minimum Gasteiger partial charge on any atom is -0.493 e. The van der Waals surface area contributed by atoms with E-state index in [1.807, 2.05) is 11.0 Å². The fraction of sp³-hybridized carbons (Fsp3) is 0.333. The Morgan fingerprint density at radius 2 is 1.83 bits per heavy atom. The molecule has 0 radical (unpaired) electrons. The number of aryl methyl sites for hydroxylation is 4. The van der Waals surface area contributed by atoms with E-state index < -0.39 is 0 Å². The molecule has 0 bridgehead atoms. The first kappa shape index (κ1) is 23.2. The Bertz CT molecular complexity index is 1340. The van der Waals surface area contributed by atoms with Crippen LogP contribution in [0.15, 0.2) is 66.7 Å². The van der Waals surface area contributed by atoms with Crippen LogP contribution in [0.1, 0.15) is 48.2 Å². The molecule has 5 nitrogen and oxygen atoms in total. The molecule has 1 atom stereocenters. The van der Waals surface area contributed by atoms with Crippen LogP contribution in [0.3, 0.4) is 0 Å². The number of hydrogen-bond donors (Lipinski definition) is 0. The number of carbonyl (C=O) groups is 1. The summed E-state index contributed by atoms with van der Waals surface area (Å²) >= 11 is 0. The lowest BCUT2D eigenvalue weighted by atomic mass is 10.1. The van der Waals surface area contributed by atoms with Crippen molar-refractivity contribution in [2.75, 3.05) is 18.1 Å². The number of aromatic nitrogens is 2. The zero-order valence-electron chi connectivity index (χ0n) is 20.8. The summed E-state index contributed by atoms with van der Waals surface area (Å²) in [5, 5.41) is 0. The lowest BCUT2D eigenvalue weighted by Crippen LogP contribution is -2.24. The number of carbonyl (C=O) groups excluding carboxylic acids is 1. The van der Waals surface area contributed by atoms with E-state index in [0.717, 1.165) is 53.2 Å². The third-order valence-corrected chi connectivity index (χ3v) is 6.94. The van der Waals surface area contributed by atoms with Crippen molar-refractivity contribution in [2.45, 2.75) is 52.5 Å². The summed E-state index contributed by atoms with van der Waals surface area (Å²) < 4.78 is 8.38. The van der Waals surface area contributed by atoms with Gasteiger partial charge in [0.2, 0.25) is 5.91 Å². The maximum Gasteiger partial charge on any atom is 0.227 e. The summed E-state index contributed by atoms with van der Waals surface area (Å²) in [6.45, 7) is 8.42. The lowest BCUT2D eigenvalue weighted by molar-refractivity contribution is -0.117. The maximum atomic E-state index is 13.0. The first-order chi connectivity index (χ1) is 17.0. The molecule has 4 aromatic rings. The van der Waals surface area contributed by atoms with Gasteiger partial charge in [0, 0.05) is 31.1 Å². The smallest absolute Gasteiger partial charge is 0.227 e. The molecule has 5 heteroatoms. The van der Waals surface area contributed by atoms with Crippen LogP contribution < -0.4 is 9.64 Å². The molecule has 0 saturated carbocycles. The molecule has 2 heterocycles. The average molecular weight is 468 g/mol. The molecular weight excluding hydrogens is 434 g/mol. The number of imidazole rings is 1. The second-order valence-corrected chi connectivity index (χ2v) is 9.51. The van der Waals surface area contributed by atoms with Crippen LogP contribution in [0.25, 0.3) is 11.0 Å². The van der Waals surface area contributed by atoms with Crippen molar-refractivity contribution in [3.63, 3.8) is 0 Å². The average Bonchev–Trinajstić information content (AvgIpc) is 3.43. The van der Waals surface area contributed by atoms with E-state index in [1.165, 1.54) is 11.1 Å². The number of anilines is 1. The molecule has 0 N–H and O–H groups in total. The number of nitrogens with zero attached hydrogens (tertiary/aromatic N) is 3. The second kappa shape index (κ2) is 9.95.